The first-order chi connectivity index (χ1) is 11.7. The number of nitrogens with two attached hydrogens (primary N) is 1. The summed E-state index contributed by atoms with van der Waals surface area (Å²) >= 11 is 0. The Kier molecular flexibility index (Phi) is 4.12. The summed E-state index contributed by atoms with van der Waals surface area (Å²) < 4.78 is 7.14. The van der Waals surface area contributed by atoms with E-state index in [1.165, 1.54) is 0 Å². The number of carbonyl (C=O) groups excluding carboxylic acids is 1. The van der Waals surface area contributed by atoms with Crippen LogP contribution >= 0.6 is 0 Å². The number of nitrogens with zero attached hydrogens (tertiary/aromatic N) is 2. The molecule has 130 valence electrons. The van der Waals surface area contributed by atoms with Crippen molar-refractivity contribution >= 4 is 28.8 Å². The molecule has 2 aromatic carbocycles. The Morgan fingerprint density at radius 2 is 1.96 bits per heavy atom. The monoisotopic (exact) mass is 338 g/mol. The highest BCUT2D eigenvalue weighted by atomic mass is 16.6. The van der Waals surface area contributed by atoms with Gasteiger partial charge in [-0.15, -0.1) is 0 Å². The van der Waals surface area contributed by atoms with Crippen molar-refractivity contribution in [1.29, 1.82) is 0 Å². The maximum atomic E-state index is 12.0. The van der Waals surface area contributed by atoms with Crippen molar-refractivity contribution in [2.75, 3.05) is 11.1 Å². The van der Waals surface area contributed by atoms with Crippen molar-refractivity contribution in [3.8, 4) is 5.69 Å². The van der Waals surface area contributed by atoms with Gasteiger partial charge in [-0.2, -0.15) is 0 Å². The largest absolute Gasteiger partial charge is 0.444 e. The van der Waals surface area contributed by atoms with Gasteiger partial charge < -0.3 is 10.5 Å². The van der Waals surface area contributed by atoms with Gasteiger partial charge in [0.15, 0.2) is 0 Å². The quantitative estimate of drug-likeness (QED) is 0.731. The number of nitrogen functional groups attached to an aromatic ring is 1. The SMILES string of the molecule is Cc1ccc2c(c1)nc(N)n2-c1cccc(NC(=O)OC(C)(C)C)c1. The third-order valence-corrected chi connectivity index (χ3v) is 3.59. The molecule has 0 atom stereocenters. The summed E-state index contributed by atoms with van der Waals surface area (Å²) in [4.78, 5) is 16.4. The van der Waals surface area contributed by atoms with Crippen LogP contribution in [0.5, 0.6) is 0 Å². The molecule has 0 spiro atoms. The number of imidazole rings is 1. The van der Waals surface area contributed by atoms with Crippen LogP contribution in [0.4, 0.5) is 16.4 Å². The number of benzene rings is 2. The van der Waals surface area contributed by atoms with Crippen molar-refractivity contribution in [2.45, 2.75) is 33.3 Å². The highest BCUT2D eigenvalue weighted by molar-refractivity contribution is 5.86. The van der Waals surface area contributed by atoms with Gasteiger partial charge in [-0.25, -0.2) is 9.78 Å². The summed E-state index contributed by atoms with van der Waals surface area (Å²) in [6, 6.07) is 13.4. The van der Waals surface area contributed by atoms with E-state index in [1.54, 1.807) is 6.07 Å². The van der Waals surface area contributed by atoms with Gasteiger partial charge in [0.1, 0.15) is 5.60 Å². The van der Waals surface area contributed by atoms with Gasteiger partial charge in [0.25, 0.3) is 0 Å². The standard InChI is InChI=1S/C19H22N4O2/c1-12-8-9-16-15(10-12)22-17(20)23(16)14-7-5-6-13(11-14)21-18(24)25-19(2,3)4/h5-11H,1-4H3,(H2,20,22)(H,21,24). The Balaban J connectivity index is 1.95. The summed E-state index contributed by atoms with van der Waals surface area (Å²) in [7, 11) is 0. The van der Waals surface area contributed by atoms with E-state index in [2.05, 4.69) is 10.3 Å². The van der Waals surface area contributed by atoms with Gasteiger partial charge >= 0.3 is 6.09 Å². The predicted molar refractivity (Wildman–Crippen MR) is 100 cm³/mol. The summed E-state index contributed by atoms with van der Waals surface area (Å²) in [5.74, 6) is 0.398. The average Bonchev–Trinajstić information content (AvgIpc) is 2.80. The molecule has 0 saturated carbocycles. The second kappa shape index (κ2) is 6.12. The van der Waals surface area contributed by atoms with E-state index in [4.69, 9.17) is 10.5 Å². The number of amides is 1. The molecule has 1 amide bonds. The second-order valence-electron chi connectivity index (χ2n) is 6.97. The molecule has 0 bridgehead atoms. The highest BCUT2D eigenvalue weighted by Crippen LogP contribution is 2.25. The van der Waals surface area contributed by atoms with E-state index in [1.807, 2.05) is 68.7 Å². The number of carbonyl (C=O) groups is 1. The Hall–Kier alpha value is -3.02. The number of aromatic nitrogens is 2. The normalized spacial score (nSPS) is 11.5. The zero-order chi connectivity index (χ0) is 18.2. The van der Waals surface area contributed by atoms with Crippen molar-refractivity contribution in [3.05, 3.63) is 48.0 Å². The smallest absolute Gasteiger partial charge is 0.412 e. The number of nitrogens with one attached hydrogen (secondary N) is 1. The van der Waals surface area contributed by atoms with Gasteiger partial charge in [-0.3, -0.25) is 9.88 Å². The van der Waals surface area contributed by atoms with Crippen LogP contribution in [0.3, 0.4) is 0 Å². The van der Waals surface area contributed by atoms with Crippen LogP contribution in [0.1, 0.15) is 26.3 Å². The fourth-order valence-electron chi connectivity index (χ4n) is 2.62. The number of rotatable bonds is 2. The summed E-state index contributed by atoms with van der Waals surface area (Å²) in [5, 5.41) is 2.74. The minimum atomic E-state index is -0.551. The molecule has 0 saturated heterocycles. The average molecular weight is 338 g/mol. The number of ether oxygens (including phenoxy) is 1. The number of hydrogen-bond acceptors (Lipinski definition) is 4. The Bertz CT molecular complexity index is 938. The van der Waals surface area contributed by atoms with Crippen LogP contribution in [0.25, 0.3) is 16.7 Å². The zero-order valence-electron chi connectivity index (χ0n) is 14.8. The lowest BCUT2D eigenvalue weighted by Crippen LogP contribution is -2.27. The van der Waals surface area contributed by atoms with Crippen LogP contribution < -0.4 is 11.1 Å². The summed E-state index contributed by atoms with van der Waals surface area (Å²) in [5.41, 5.74) is 9.87. The molecule has 0 radical (unpaired) electrons. The third kappa shape index (κ3) is 3.74. The maximum Gasteiger partial charge on any atom is 0.412 e. The topological polar surface area (TPSA) is 82.2 Å². The van der Waals surface area contributed by atoms with Crippen LogP contribution in [-0.4, -0.2) is 21.2 Å². The molecule has 0 aliphatic rings. The number of aryl methyl sites for hydroxylation is 1. The van der Waals surface area contributed by atoms with Gasteiger partial charge in [0.2, 0.25) is 5.95 Å². The lowest BCUT2D eigenvalue weighted by atomic mass is 10.2. The zero-order valence-corrected chi connectivity index (χ0v) is 14.8. The Labute approximate surface area is 146 Å². The molecular formula is C19H22N4O2. The molecule has 0 aliphatic heterocycles. The molecule has 1 aromatic heterocycles. The Morgan fingerprint density at radius 1 is 1.20 bits per heavy atom. The van der Waals surface area contributed by atoms with E-state index in [9.17, 15) is 4.79 Å². The fraction of sp³-hybridized carbons (Fsp3) is 0.263. The first-order valence-electron chi connectivity index (χ1n) is 8.08. The predicted octanol–water partition coefficient (Wildman–Crippen LogP) is 4.26. The van der Waals surface area contributed by atoms with Gasteiger partial charge in [-0.05, 0) is 63.6 Å². The maximum absolute atomic E-state index is 12.0. The molecule has 0 fully saturated rings. The van der Waals surface area contributed by atoms with E-state index < -0.39 is 11.7 Å². The molecule has 3 N–H and O–H groups in total. The second-order valence-corrected chi connectivity index (χ2v) is 6.97. The molecule has 3 rings (SSSR count). The van der Waals surface area contributed by atoms with Crippen LogP contribution in [-0.2, 0) is 4.74 Å². The van der Waals surface area contributed by atoms with Gasteiger partial charge in [0.05, 0.1) is 16.7 Å². The van der Waals surface area contributed by atoms with Gasteiger partial charge in [-0.1, -0.05) is 12.1 Å². The first-order valence-corrected chi connectivity index (χ1v) is 8.08. The molecule has 1 heterocycles. The van der Waals surface area contributed by atoms with Crippen molar-refractivity contribution < 1.29 is 9.53 Å². The van der Waals surface area contributed by atoms with Crippen LogP contribution in [0.15, 0.2) is 42.5 Å². The van der Waals surface area contributed by atoms with E-state index in [-0.39, 0.29) is 0 Å². The summed E-state index contributed by atoms with van der Waals surface area (Å²) in [6.07, 6.45) is -0.497. The fourth-order valence-corrected chi connectivity index (χ4v) is 2.62. The Morgan fingerprint density at radius 3 is 2.68 bits per heavy atom. The van der Waals surface area contributed by atoms with Crippen LogP contribution in [0.2, 0.25) is 0 Å². The molecule has 6 heteroatoms. The number of fused-ring (bicyclic) bond motifs is 1. The number of anilines is 2. The van der Waals surface area contributed by atoms with Crippen molar-refractivity contribution in [3.63, 3.8) is 0 Å². The van der Waals surface area contributed by atoms with E-state index in [0.29, 0.717) is 11.6 Å². The minimum Gasteiger partial charge on any atom is -0.444 e. The first kappa shape index (κ1) is 16.8. The molecular weight excluding hydrogens is 316 g/mol. The molecule has 6 nitrogen and oxygen atoms in total. The van der Waals surface area contributed by atoms with E-state index >= 15 is 0 Å². The lowest BCUT2D eigenvalue weighted by Gasteiger charge is -2.19. The van der Waals surface area contributed by atoms with Crippen molar-refractivity contribution in [2.24, 2.45) is 0 Å². The molecule has 0 unspecified atom stereocenters. The van der Waals surface area contributed by atoms with Crippen molar-refractivity contribution in [1.82, 2.24) is 9.55 Å². The highest BCUT2D eigenvalue weighted by Gasteiger charge is 2.17. The van der Waals surface area contributed by atoms with Gasteiger partial charge in [0, 0.05) is 5.69 Å². The van der Waals surface area contributed by atoms with Crippen LogP contribution in [0, 0.1) is 6.92 Å². The molecule has 25 heavy (non-hydrogen) atoms. The minimum absolute atomic E-state index is 0.398. The number of hydrogen-bond donors (Lipinski definition) is 2. The third-order valence-electron chi connectivity index (χ3n) is 3.59. The molecule has 0 aliphatic carbocycles. The summed E-state index contributed by atoms with van der Waals surface area (Å²) in [6.45, 7) is 7.48. The molecule has 3 aromatic rings. The lowest BCUT2D eigenvalue weighted by molar-refractivity contribution is 0.0636. The van der Waals surface area contributed by atoms with E-state index in [0.717, 1.165) is 22.3 Å².